The molecule has 1 N–H and O–H groups in total. The largest absolute Gasteiger partial charge is 0.353 e. The Kier molecular flexibility index (Phi) is 6.57. The summed E-state index contributed by atoms with van der Waals surface area (Å²) >= 11 is 1.63. The van der Waals surface area contributed by atoms with Crippen LogP contribution >= 0.6 is 11.3 Å². The van der Waals surface area contributed by atoms with Crippen LogP contribution in [0.4, 0.5) is 0 Å². The molecule has 5 heteroatoms. The Labute approximate surface area is 183 Å². The molecule has 4 rings (SSSR count). The quantitative estimate of drug-likeness (QED) is 0.642. The van der Waals surface area contributed by atoms with E-state index in [9.17, 15) is 9.59 Å². The van der Waals surface area contributed by atoms with E-state index in [1.165, 1.54) is 25.7 Å². The van der Waals surface area contributed by atoms with Gasteiger partial charge in [-0.3, -0.25) is 9.59 Å². The summed E-state index contributed by atoms with van der Waals surface area (Å²) in [6.07, 6.45) is 6.98. The van der Waals surface area contributed by atoms with Crippen molar-refractivity contribution in [2.45, 2.75) is 70.4 Å². The summed E-state index contributed by atoms with van der Waals surface area (Å²) in [5.41, 5.74) is 1.54. The van der Waals surface area contributed by atoms with Crippen molar-refractivity contribution in [2.75, 3.05) is 6.54 Å². The first-order valence-corrected chi connectivity index (χ1v) is 12.2. The molecule has 1 aliphatic carbocycles. The number of carbonyl (C=O) groups is 2. The molecule has 0 bridgehead atoms. The van der Waals surface area contributed by atoms with Crippen molar-refractivity contribution in [3.8, 4) is 0 Å². The molecule has 0 spiro atoms. The first-order valence-electron chi connectivity index (χ1n) is 11.3. The summed E-state index contributed by atoms with van der Waals surface area (Å²) in [6, 6.07) is 11.8. The Morgan fingerprint density at radius 3 is 2.50 bits per heavy atom. The van der Waals surface area contributed by atoms with E-state index in [0.29, 0.717) is 18.0 Å². The zero-order valence-corrected chi connectivity index (χ0v) is 18.8. The van der Waals surface area contributed by atoms with Gasteiger partial charge in [-0.2, -0.15) is 0 Å². The van der Waals surface area contributed by atoms with Crippen LogP contribution in [-0.4, -0.2) is 29.3 Å². The molecule has 1 aromatic heterocycles. The lowest BCUT2D eigenvalue weighted by molar-refractivity contribution is -0.125. The van der Waals surface area contributed by atoms with Gasteiger partial charge < -0.3 is 10.2 Å². The summed E-state index contributed by atoms with van der Waals surface area (Å²) in [5, 5.41) is 5.41. The van der Waals surface area contributed by atoms with Gasteiger partial charge in [0.1, 0.15) is 0 Å². The lowest BCUT2D eigenvalue weighted by Gasteiger charge is -2.42. The van der Waals surface area contributed by atoms with Gasteiger partial charge in [0.25, 0.3) is 5.91 Å². The van der Waals surface area contributed by atoms with E-state index < -0.39 is 0 Å². The number of carbonyl (C=O) groups excluding carboxylic acids is 2. The zero-order chi connectivity index (χ0) is 21.1. The predicted octanol–water partition coefficient (Wildman–Crippen LogP) is 5.52. The van der Waals surface area contributed by atoms with Crippen molar-refractivity contribution >= 4 is 23.2 Å². The summed E-state index contributed by atoms with van der Waals surface area (Å²) in [6.45, 7) is 4.89. The number of nitrogens with zero attached hydrogens (tertiary/aromatic N) is 1. The van der Waals surface area contributed by atoms with Crippen molar-refractivity contribution in [3.63, 3.8) is 0 Å². The Morgan fingerprint density at radius 2 is 1.83 bits per heavy atom. The van der Waals surface area contributed by atoms with Crippen molar-refractivity contribution in [1.82, 2.24) is 10.2 Å². The second-order valence-corrected chi connectivity index (χ2v) is 10.1. The van der Waals surface area contributed by atoms with Crippen molar-refractivity contribution in [2.24, 2.45) is 5.92 Å². The summed E-state index contributed by atoms with van der Waals surface area (Å²) in [5.74, 6) is 0.0528. The molecule has 4 nitrogen and oxygen atoms in total. The maximum absolute atomic E-state index is 13.7. The Balaban J connectivity index is 1.74. The highest BCUT2D eigenvalue weighted by atomic mass is 32.1. The van der Waals surface area contributed by atoms with E-state index in [2.05, 4.69) is 25.2 Å². The van der Waals surface area contributed by atoms with Gasteiger partial charge in [0, 0.05) is 23.0 Å². The minimum atomic E-state index is -0.375. The van der Waals surface area contributed by atoms with E-state index in [0.717, 1.165) is 23.3 Å². The SMILES string of the molecule is CC(C)CN1C(=O)c2ccccc2[C@@H](C(=O)NC2CCCCCC2)[C@H]1c1cccs1. The van der Waals surface area contributed by atoms with Gasteiger partial charge in [0.15, 0.2) is 0 Å². The third-order valence-corrected chi connectivity index (χ3v) is 7.26. The van der Waals surface area contributed by atoms with Crippen LogP contribution in [0.25, 0.3) is 0 Å². The number of rotatable bonds is 5. The average Bonchev–Trinajstić information content (AvgIpc) is 3.14. The zero-order valence-electron chi connectivity index (χ0n) is 18.0. The van der Waals surface area contributed by atoms with E-state index >= 15 is 0 Å². The molecule has 160 valence electrons. The smallest absolute Gasteiger partial charge is 0.254 e. The fourth-order valence-electron chi connectivity index (χ4n) is 4.96. The second-order valence-electron chi connectivity index (χ2n) is 9.07. The topological polar surface area (TPSA) is 49.4 Å². The molecule has 0 unspecified atom stereocenters. The van der Waals surface area contributed by atoms with Crippen LogP contribution in [0.5, 0.6) is 0 Å². The molecule has 2 aliphatic rings. The maximum atomic E-state index is 13.7. The van der Waals surface area contributed by atoms with Gasteiger partial charge in [0.2, 0.25) is 5.91 Å². The van der Waals surface area contributed by atoms with Crippen LogP contribution in [0.3, 0.4) is 0 Å². The van der Waals surface area contributed by atoms with Gasteiger partial charge in [-0.05, 0) is 41.8 Å². The van der Waals surface area contributed by atoms with E-state index in [1.807, 2.05) is 40.6 Å². The van der Waals surface area contributed by atoms with Crippen molar-refractivity contribution in [1.29, 1.82) is 0 Å². The lowest BCUT2D eigenvalue weighted by Crippen LogP contribution is -2.49. The van der Waals surface area contributed by atoms with Crippen LogP contribution in [0.15, 0.2) is 41.8 Å². The van der Waals surface area contributed by atoms with Crippen LogP contribution in [-0.2, 0) is 4.79 Å². The number of nitrogens with one attached hydrogen (secondary N) is 1. The van der Waals surface area contributed by atoms with Crippen molar-refractivity contribution < 1.29 is 9.59 Å². The number of thiophene rings is 1. The highest BCUT2D eigenvalue weighted by molar-refractivity contribution is 7.10. The molecule has 1 fully saturated rings. The highest BCUT2D eigenvalue weighted by Gasteiger charge is 2.44. The van der Waals surface area contributed by atoms with E-state index in [4.69, 9.17) is 0 Å². The minimum Gasteiger partial charge on any atom is -0.353 e. The predicted molar refractivity (Wildman–Crippen MR) is 122 cm³/mol. The summed E-state index contributed by atoms with van der Waals surface area (Å²) in [4.78, 5) is 30.2. The number of hydrogen-bond donors (Lipinski definition) is 1. The van der Waals surface area contributed by atoms with Crippen LogP contribution in [0, 0.1) is 5.92 Å². The lowest BCUT2D eigenvalue weighted by atomic mass is 9.81. The van der Waals surface area contributed by atoms with Crippen LogP contribution < -0.4 is 5.32 Å². The van der Waals surface area contributed by atoms with Crippen molar-refractivity contribution in [3.05, 3.63) is 57.8 Å². The molecule has 2 atom stereocenters. The molecular weight excluding hydrogens is 392 g/mol. The molecule has 0 saturated heterocycles. The standard InChI is InChI=1S/C25H32N2O2S/c1-17(2)16-27-23(21-14-9-15-30-21)22(19-12-7-8-13-20(19)25(27)29)24(28)26-18-10-5-3-4-6-11-18/h7-9,12-15,17-18,22-23H,3-6,10-11,16H2,1-2H3,(H,26,28)/t22-,23-/m1/s1. The third-order valence-electron chi connectivity index (χ3n) is 6.32. The number of hydrogen-bond acceptors (Lipinski definition) is 3. The summed E-state index contributed by atoms with van der Waals surface area (Å²) in [7, 11) is 0. The Hall–Kier alpha value is -2.14. The number of amides is 2. The molecule has 2 aromatic rings. The summed E-state index contributed by atoms with van der Waals surface area (Å²) < 4.78 is 0. The fourth-order valence-corrected chi connectivity index (χ4v) is 5.83. The third kappa shape index (κ3) is 4.31. The van der Waals surface area contributed by atoms with Crippen LogP contribution in [0.1, 0.15) is 85.1 Å². The maximum Gasteiger partial charge on any atom is 0.254 e. The first kappa shape index (κ1) is 21.1. The van der Waals surface area contributed by atoms with E-state index in [1.54, 1.807) is 11.3 Å². The molecule has 30 heavy (non-hydrogen) atoms. The Morgan fingerprint density at radius 1 is 1.10 bits per heavy atom. The number of fused-ring (bicyclic) bond motifs is 1. The number of benzene rings is 1. The van der Waals surface area contributed by atoms with E-state index in [-0.39, 0.29) is 29.8 Å². The molecule has 2 heterocycles. The minimum absolute atomic E-state index is 0.0382. The fraction of sp³-hybridized carbons (Fsp3) is 0.520. The second kappa shape index (κ2) is 9.34. The molecule has 1 aliphatic heterocycles. The molecular formula is C25H32N2O2S. The molecule has 1 saturated carbocycles. The van der Waals surface area contributed by atoms with Crippen LogP contribution in [0.2, 0.25) is 0 Å². The Bertz CT molecular complexity index is 869. The highest BCUT2D eigenvalue weighted by Crippen LogP contribution is 2.44. The van der Waals surface area contributed by atoms with Gasteiger partial charge in [0.05, 0.1) is 12.0 Å². The molecule has 1 aromatic carbocycles. The average molecular weight is 425 g/mol. The molecule has 0 radical (unpaired) electrons. The van der Waals surface area contributed by atoms with Gasteiger partial charge in [-0.1, -0.05) is 63.8 Å². The van der Waals surface area contributed by atoms with Gasteiger partial charge in [-0.15, -0.1) is 11.3 Å². The molecule has 2 amide bonds. The normalized spacial score (nSPS) is 22.6. The first-order chi connectivity index (χ1) is 14.6. The van der Waals surface area contributed by atoms with Gasteiger partial charge >= 0.3 is 0 Å². The monoisotopic (exact) mass is 424 g/mol. The van der Waals surface area contributed by atoms with Gasteiger partial charge in [-0.25, -0.2) is 0 Å².